The van der Waals surface area contributed by atoms with Crippen molar-refractivity contribution in [2.45, 2.75) is 44.0 Å². The Kier molecular flexibility index (Phi) is 11.4. The van der Waals surface area contributed by atoms with Gasteiger partial charge in [0.1, 0.15) is 11.8 Å². The second-order valence-corrected chi connectivity index (χ2v) is 10.8. The van der Waals surface area contributed by atoms with Gasteiger partial charge in [0.05, 0.1) is 16.9 Å². The maximum Gasteiger partial charge on any atom is 0.322 e. The molecule has 0 unspecified atom stereocenters. The number of para-hydroxylation sites is 1. The number of hydrogen-bond acceptors (Lipinski definition) is 7. The van der Waals surface area contributed by atoms with E-state index in [1.807, 2.05) is 18.2 Å². The van der Waals surface area contributed by atoms with Gasteiger partial charge in [-0.2, -0.15) is 4.31 Å². The van der Waals surface area contributed by atoms with Crippen LogP contribution >= 0.6 is 0 Å². The summed E-state index contributed by atoms with van der Waals surface area (Å²) in [6.45, 7) is 3.78. The lowest BCUT2D eigenvalue weighted by Crippen LogP contribution is -2.46. The van der Waals surface area contributed by atoms with Gasteiger partial charge in [0, 0.05) is 36.9 Å². The molecule has 0 heterocycles. The largest absolute Gasteiger partial charge is 0.496 e. The van der Waals surface area contributed by atoms with Gasteiger partial charge in [-0.3, -0.25) is 19.7 Å². The number of carboxylic acids is 1. The highest BCUT2D eigenvalue weighted by atomic mass is 32.2. The van der Waals surface area contributed by atoms with Crippen LogP contribution in [0.3, 0.4) is 0 Å². The van der Waals surface area contributed by atoms with Gasteiger partial charge in [0.25, 0.3) is 5.69 Å². The van der Waals surface area contributed by atoms with Crippen molar-refractivity contribution in [1.29, 1.82) is 0 Å². The van der Waals surface area contributed by atoms with E-state index in [0.29, 0.717) is 18.6 Å². The molecule has 0 aromatic heterocycles. The fraction of sp³-hybridized carbons (Fsp3) is 0.385. The zero-order valence-corrected chi connectivity index (χ0v) is 22.4. The summed E-state index contributed by atoms with van der Waals surface area (Å²) in [5.74, 6) is -1.15. The standard InChI is InChI=1S/C26H33N3O8S/c1-19(2)18-28(38(35,36)22-14-12-21(13-15-22)29(33)34)23(26(31)32)9-6-7-17-27-25(30)16-11-20-8-4-5-10-24(20)37-3/h4-5,8,10-16,19,23H,6-7,9,17-18H2,1-3H3,(H,27,30)(H,31,32)/b16-11-/t23-/m0/s1. The van der Waals surface area contributed by atoms with E-state index in [1.54, 1.807) is 26.0 Å². The lowest BCUT2D eigenvalue weighted by atomic mass is 10.1. The van der Waals surface area contributed by atoms with Crippen LogP contribution in [0.2, 0.25) is 0 Å². The van der Waals surface area contributed by atoms with Crippen LogP contribution in [0.1, 0.15) is 38.7 Å². The molecule has 1 atom stereocenters. The van der Waals surface area contributed by atoms with Crippen molar-refractivity contribution < 1.29 is 32.8 Å². The number of unbranched alkanes of at least 4 members (excludes halogenated alkanes) is 1. The number of sulfonamides is 1. The van der Waals surface area contributed by atoms with Crippen LogP contribution in [0.4, 0.5) is 5.69 Å². The van der Waals surface area contributed by atoms with E-state index in [0.717, 1.165) is 34.1 Å². The van der Waals surface area contributed by atoms with Crippen molar-refractivity contribution >= 4 is 33.7 Å². The highest BCUT2D eigenvalue weighted by Gasteiger charge is 2.36. The van der Waals surface area contributed by atoms with Crippen LogP contribution < -0.4 is 10.1 Å². The number of non-ortho nitro benzene ring substituents is 1. The lowest BCUT2D eigenvalue weighted by molar-refractivity contribution is -0.384. The Labute approximate surface area is 222 Å². The Morgan fingerprint density at radius 1 is 1.13 bits per heavy atom. The minimum atomic E-state index is -4.24. The topological polar surface area (TPSA) is 156 Å². The Morgan fingerprint density at radius 3 is 2.37 bits per heavy atom. The number of nitrogens with zero attached hydrogens (tertiary/aromatic N) is 2. The number of amides is 1. The van der Waals surface area contributed by atoms with Crippen LogP contribution in [0, 0.1) is 16.0 Å². The number of carboxylic acid groups (broad SMARTS) is 1. The van der Waals surface area contributed by atoms with Gasteiger partial charge in [-0.25, -0.2) is 8.42 Å². The van der Waals surface area contributed by atoms with Gasteiger partial charge in [-0.1, -0.05) is 32.0 Å². The fourth-order valence-electron chi connectivity index (χ4n) is 3.72. The molecule has 1 amide bonds. The van der Waals surface area contributed by atoms with Gasteiger partial charge in [-0.05, 0) is 49.5 Å². The first kappa shape index (κ1) is 30.5. The predicted molar refractivity (Wildman–Crippen MR) is 142 cm³/mol. The summed E-state index contributed by atoms with van der Waals surface area (Å²) in [6.07, 6.45) is 3.81. The molecule has 0 aliphatic heterocycles. The summed E-state index contributed by atoms with van der Waals surface area (Å²) in [5.41, 5.74) is 0.475. The first-order valence-electron chi connectivity index (χ1n) is 12.1. The molecule has 2 rings (SSSR count). The number of rotatable bonds is 15. The average molecular weight is 548 g/mol. The quantitative estimate of drug-likeness (QED) is 0.148. The summed E-state index contributed by atoms with van der Waals surface area (Å²) >= 11 is 0. The summed E-state index contributed by atoms with van der Waals surface area (Å²) < 4.78 is 32.8. The maximum atomic E-state index is 13.3. The van der Waals surface area contributed by atoms with E-state index in [4.69, 9.17) is 4.74 Å². The molecule has 2 aromatic rings. The van der Waals surface area contributed by atoms with Crippen molar-refractivity contribution in [2.24, 2.45) is 5.92 Å². The fourth-order valence-corrected chi connectivity index (χ4v) is 5.50. The number of nitro benzene ring substituents is 1. The van der Waals surface area contributed by atoms with Crippen molar-refractivity contribution in [3.63, 3.8) is 0 Å². The molecule has 0 aliphatic carbocycles. The van der Waals surface area contributed by atoms with Crippen molar-refractivity contribution in [2.75, 3.05) is 20.2 Å². The molecule has 2 aromatic carbocycles. The summed E-state index contributed by atoms with van der Waals surface area (Å²) in [7, 11) is -2.70. The highest BCUT2D eigenvalue weighted by molar-refractivity contribution is 7.89. The molecule has 0 fully saturated rings. The number of ether oxygens (including phenoxy) is 1. The third-order valence-electron chi connectivity index (χ3n) is 5.59. The molecule has 0 radical (unpaired) electrons. The number of nitro groups is 1. The molecule has 0 spiro atoms. The van der Waals surface area contributed by atoms with E-state index < -0.39 is 27.0 Å². The van der Waals surface area contributed by atoms with Crippen molar-refractivity contribution in [3.8, 4) is 5.75 Å². The molecule has 12 heteroatoms. The SMILES string of the molecule is COc1ccccc1/C=C\C(=O)NCCCC[C@@H](C(=O)O)N(CC(C)C)S(=O)(=O)c1ccc([N+](=O)[O-])cc1. The molecule has 38 heavy (non-hydrogen) atoms. The number of carbonyl (C=O) groups excluding carboxylic acids is 1. The Bertz CT molecular complexity index is 1240. The number of benzene rings is 2. The van der Waals surface area contributed by atoms with Crippen molar-refractivity contribution in [1.82, 2.24) is 9.62 Å². The number of carbonyl (C=O) groups is 2. The van der Waals surface area contributed by atoms with Crippen LogP contribution in [-0.2, 0) is 19.6 Å². The number of methoxy groups -OCH3 is 1. The zero-order chi connectivity index (χ0) is 28.3. The average Bonchev–Trinajstić information content (AvgIpc) is 2.88. The van der Waals surface area contributed by atoms with Crippen LogP contribution in [-0.4, -0.2) is 60.9 Å². The van der Waals surface area contributed by atoms with Gasteiger partial charge in [-0.15, -0.1) is 0 Å². The first-order chi connectivity index (χ1) is 18.0. The zero-order valence-electron chi connectivity index (χ0n) is 21.6. The molecule has 0 saturated heterocycles. The van der Waals surface area contributed by atoms with Crippen LogP contribution in [0.15, 0.2) is 59.5 Å². The number of hydrogen-bond donors (Lipinski definition) is 2. The number of aliphatic carboxylic acids is 1. The van der Waals surface area contributed by atoms with Crippen LogP contribution in [0.5, 0.6) is 5.75 Å². The van der Waals surface area contributed by atoms with E-state index >= 15 is 0 Å². The molecule has 206 valence electrons. The van der Waals surface area contributed by atoms with E-state index in [1.165, 1.54) is 13.2 Å². The maximum absolute atomic E-state index is 13.3. The molecular weight excluding hydrogens is 514 g/mol. The third kappa shape index (κ3) is 8.67. The summed E-state index contributed by atoms with van der Waals surface area (Å²) in [5, 5.41) is 23.5. The van der Waals surface area contributed by atoms with Crippen molar-refractivity contribution in [3.05, 3.63) is 70.3 Å². The molecule has 2 N–H and O–H groups in total. The Hall–Kier alpha value is -3.77. The van der Waals surface area contributed by atoms with Gasteiger partial charge in [0.2, 0.25) is 15.9 Å². The van der Waals surface area contributed by atoms with Gasteiger partial charge < -0.3 is 15.2 Å². The smallest absolute Gasteiger partial charge is 0.322 e. The summed E-state index contributed by atoms with van der Waals surface area (Å²) in [4.78, 5) is 34.3. The predicted octanol–water partition coefficient (Wildman–Crippen LogP) is 3.70. The molecule has 0 saturated carbocycles. The second-order valence-electron chi connectivity index (χ2n) is 8.94. The van der Waals surface area contributed by atoms with E-state index in [9.17, 15) is 33.2 Å². The molecule has 0 aliphatic rings. The van der Waals surface area contributed by atoms with E-state index in [2.05, 4.69) is 5.32 Å². The van der Waals surface area contributed by atoms with Gasteiger partial charge in [0.15, 0.2) is 0 Å². The number of nitrogens with one attached hydrogen (secondary N) is 1. The summed E-state index contributed by atoms with van der Waals surface area (Å²) in [6, 6.07) is 10.2. The molecule has 0 bridgehead atoms. The minimum absolute atomic E-state index is 0.0290. The second kappa shape index (κ2) is 14.2. The Morgan fingerprint density at radius 2 is 1.79 bits per heavy atom. The molecular formula is C26H33N3O8S. The molecule has 11 nitrogen and oxygen atoms in total. The van der Waals surface area contributed by atoms with Gasteiger partial charge >= 0.3 is 5.97 Å². The Balaban J connectivity index is 2.02. The monoisotopic (exact) mass is 547 g/mol. The lowest BCUT2D eigenvalue weighted by Gasteiger charge is -2.29. The highest BCUT2D eigenvalue weighted by Crippen LogP contribution is 2.25. The van der Waals surface area contributed by atoms with E-state index in [-0.39, 0.29) is 41.9 Å². The van der Waals surface area contributed by atoms with Crippen LogP contribution in [0.25, 0.3) is 6.08 Å². The normalized spacial score (nSPS) is 12.6. The third-order valence-corrected chi connectivity index (χ3v) is 7.48. The minimum Gasteiger partial charge on any atom is -0.496 e. The first-order valence-corrected chi connectivity index (χ1v) is 13.5.